The third-order valence-corrected chi connectivity index (χ3v) is 5.15. The van der Waals surface area contributed by atoms with Gasteiger partial charge < -0.3 is 15.1 Å². The lowest BCUT2D eigenvalue weighted by molar-refractivity contribution is -0.132. The van der Waals surface area contributed by atoms with E-state index >= 15 is 0 Å². The molecule has 148 valence electrons. The highest BCUT2D eigenvalue weighted by Gasteiger charge is 2.25. The van der Waals surface area contributed by atoms with Gasteiger partial charge in [-0.25, -0.2) is 13.6 Å². The molecule has 1 aromatic rings. The minimum Gasteiger partial charge on any atom is -0.342 e. The van der Waals surface area contributed by atoms with Crippen LogP contribution in [0.4, 0.5) is 19.3 Å². The number of hydrogen-bond acceptors (Lipinski definition) is 3. The predicted molar refractivity (Wildman–Crippen MR) is 98.4 cm³/mol. The molecular formula is C19H26F2N4O2. The molecule has 2 aliphatic rings. The van der Waals surface area contributed by atoms with Gasteiger partial charge in [0.15, 0.2) is 0 Å². The van der Waals surface area contributed by atoms with Gasteiger partial charge in [0.2, 0.25) is 5.91 Å². The van der Waals surface area contributed by atoms with Crippen molar-refractivity contribution in [2.75, 3.05) is 51.1 Å². The molecule has 0 radical (unpaired) electrons. The number of likely N-dealkylation sites (tertiary alicyclic amines) is 1. The number of urea groups is 1. The van der Waals surface area contributed by atoms with Crippen LogP contribution in [0.15, 0.2) is 18.2 Å². The van der Waals surface area contributed by atoms with Crippen molar-refractivity contribution in [3.05, 3.63) is 29.8 Å². The summed E-state index contributed by atoms with van der Waals surface area (Å²) >= 11 is 0. The average molecular weight is 380 g/mol. The first kappa shape index (κ1) is 19.5. The lowest BCUT2D eigenvalue weighted by Crippen LogP contribution is -2.52. The Morgan fingerprint density at radius 2 is 1.56 bits per heavy atom. The van der Waals surface area contributed by atoms with Crippen molar-refractivity contribution in [3.63, 3.8) is 0 Å². The number of amides is 3. The summed E-state index contributed by atoms with van der Waals surface area (Å²) < 4.78 is 26.6. The van der Waals surface area contributed by atoms with E-state index in [9.17, 15) is 18.4 Å². The number of halogens is 2. The van der Waals surface area contributed by atoms with Crippen molar-refractivity contribution in [3.8, 4) is 0 Å². The maximum atomic E-state index is 13.7. The summed E-state index contributed by atoms with van der Waals surface area (Å²) in [5.41, 5.74) is -0.0415. The van der Waals surface area contributed by atoms with Gasteiger partial charge in [-0.2, -0.15) is 0 Å². The molecule has 0 aromatic heterocycles. The van der Waals surface area contributed by atoms with Crippen LogP contribution in [0.2, 0.25) is 0 Å². The quantitative estimate of drug-likeness (QED) is 0.877. The van der Waals surface area contributed by atoms with Crippen LogP contribution in [0.25, 0.3) is 0 Å². The minimum absolute atomic E-state index is 0.0415. The highest BCUT2D eigenvalue weighted by molar-refractivity contribution is 5.89. The first-order chi connectivity index (χ1) is 13.0. The van der Waals surface area contributed by atoms with E-state index in [0.29, 0.717) is 32.7 Å². The molecular weight excluding hydrogens is 354 g/mol. The topological polar surface area (TPSA) is 55.9 Å². The lowest BCUT2D eigenvalue weighted by atomic mass is 10.2. The molecule has 8 heteroatoms. The van der Waals surface area contributed by atoms with Crippen molar-refractivity contribution in [1.82, 2.24) is 14.7 Å². The van der Waals surface area contributed by atoms with Gasteiger partial charge in [-0.1, -0.05) is 12.8 Å². The van der Waals surface area contributed by atoms with Crippen molar-refractivity contribution in [1.29, 1.82) is 0 Å². The average Bonchev–Trinajstić information content (AvgIpc) is 2.94. The zero-order valence-corrected chi connectivity index (χ0v) is 15.4. The van der Waals surface area contributed by atoms with Gasteiger partial charge in [0.1, 0.15) is 11.6 Å². The molecule has 2 heterocycles. The summed E-state index contributed by atoms with van der Waals surface area (Å²) in [6.07, 6.45) is 4.51. The van der Waals surface area contributed by atoms with Crippen LogP contribution in [0.5, 0.6) is 0 Å². The summed E-state index contributed by atoms with van der Waals surface area (Å²) in [5, 5.41) is 2.47. The highest BCUT2D eigenvalue weighted by atomic mass is 19.1. The number of rotatable bonds is 3. The second kappa shape index (κ2) is 9.12. The first-order valence-electron chi connectivity index (χ1n) is 9.54. The molecule has 3 rings (SSSR count). The maximum Gasteiger partial charge on any atom is 0.322 e. The number of piperazine rings is 1. The monoisotopic (exact) mass is 380 g/mol. The maximum absolute atomic E-state index is 13.7. The standard InChI is InChI=1S/C19H26F2N4O2/c20-15-5-6-17(16(21)13-15)22-19(27)25-11-9-23(10-12-25)14-18(26)24-7-3-1-2-4-8-24/h5-6,13H,1-4,7-12,14H2,(H,22,27). The number of anilines is 1. The van der Waals surface area contributed by atoms with E-state index in [4.69, 9.17) is 0 Å². The van der Waals surface area contributed by atoms with Crippen LogP contribution in [0.1, 0.15) is 25.7 Å². The van der Waals surface area contributed by atoms with Crippen LogP contribution in [-0.4, -0.2) is 72.5 Å². The molecule has 27 heavy (non-hydrogen) atoms. The molecule has 0 bridgehead atoms. The molecule has 0 aliphatic carbocycles. The van der Waals surface area contributed by atoms with Gasteiger partial charge in [0.25, 0.3) is 0 Å². The molecule has 1 aromatic carbocycles. The molecule has 2 fully saturated rings. The van der Waals surface area contributed by atoms with Crippen molar-refractivity contribution < 1.29 is 18.4 Å². The summed E-state index contributed by atoms with van der Waals surface area (Å²) in [6, 6.07) is 2.63. The number of benzene rings is 1. The highest BCUT2D eigenvalue weighted by Crippen LogP contribution is 2.16. The lowest BCUT2D eigenvalue weighted by Gasteiger charge is -2.35. The summed E-state index contributed by atoms with van der Waals surface area (Å²) in [5.74, 6) is -1.33. The van der Waals surface area contributed by atoms with Crippen molar-refractivity contribution in [2.45, 2.75) is 25.7 Å². The van der Waals surface area contributed by atoms with E-state index in [1.807, 2.05) is 4.90 Å². The SMILES string of the molecule is O=C(CN1CCN(C(=O)Nc2ccc(F)cc2F)CC1)N1CCCCCC1. The van der Waals surface area contributed by atoms with Gasteiger partial charge in [0, 0.05) is 45.3 Å². The van der Waals surface area contributed by atoms with Crippen LogP contribution in [-0.2, 0) is 4.79 Å². The second-order valence-corrected chi connectivity index (χ2v) is 7.11. The van der Waals surface area contributed by atoms with E-state index in [1.165, 1.54) is 18.9 Å². The molecule has 1 N–H and O–H groups in total. The Hall–Kier alpha value is -2.22. The molecule has 3 amide bonds. The Kier molecular flexibility index (Phi) is 6.60. The fraction of sp³-hybridized carbons (Fsp3) is 0.579. The van der Waals surface area contributed by atoms with Crippen LogP contribution < -0.4 is 5.32 Å². The number of nitrogens with one attached hydrogen (secondary N) is 1. The Bertz CT molecular complexity index is 670. The van der Waals surface area contributed by atoms with Gasteiger partial charge in [-0.15, -0.1) is 0 Å². The number of carbonyl (C=O) groups excluding carboxylic acids is 2. The van der Waals surface area contributed by atoms with Gasteiger partial charge in [-0.05, 0) is 25.0 Å². The van der Waals surface area contributed by atoms with E-state index in [1.54, 1.807) is 4.90 Å². The van der Waals surface area contributed by atoms with Crippen molar-refractivity contribution >= 4 is 17.6 Å². The fourth-order valence-electron chi connectivity index (χ4n) is 3.51. The molecule has 6 nitrogen and oxygen atoms in total. The molecule has 0 saturated carbocycles. The summed E-state index contributed by atoms with van der Waals surface area (Å²) in [6.45, 7) is 4.17. The zero-order chi connectivity index (χ0) is 19.2. The molecule has 0 spiro atoms. The van der Waals surface area contributed by atoms with Gasteiger partial charge >= 0.3 is 6.03 Å². The number of carbonyl (C=O) groups is 2. The van der Waals surface area contributed by atoms with Crippen molar-refractivity contribution in [2.24, 2.45) is 0 Å². The van der Waals surface area contributed by atoms with Gasteiger partial charge in [-0.3, -0.25) is 9.69 Å². The Balaban J connectivity index is 1.45. The van der Waals surface area contributed by atoms with E-state index < -0.39 is 17.7 Å². The zero-order valence-electron chi connectivity index (χ0n) is 15.4. The van der Waals surface area contributed by atoms with Crippen LogP contribution >= 0.6 is 0 Å². The van der Waals surface area contributed by atoms with Crippen LogP contribution in [0.3, 0.4) is 0 Å². The predicted octanol–water partition coefficient (Wildman–Crippen LogP) is 2.52. The fourth-order valence-corrected chi connectivity index (χ4v) is 3.51. The van der Waals surface area contributed by atoms with Crippen LogP contribution in [0, 0.1) is 11.6 Å². The number of nitrogens with zero attached hydrogens (tertiary/aromatic N) is 3. The van der Waals surface area contributed by atoms with E-state index in [-0.39, 0.29) is 11.6 Å². The smallest absolute Gasteiger partial charge is 0.322 e. The molecule has 2 saturated heterocycles. The Labute approximate surface area is 158 Å². The minimum atomic E-state index is -0.801. The molecule has 0 unspecified atom stereocenters. The van der Waals surface area contributed by atoms with E-state index in [0.717, 1.165) is 38.1 Å². The second-order valence-electron chi connectivity index (χ2n) is 7.11. The first-order valence-corrected chi connectivity index (χ1v) is 9.54. The Morgan fingerprint density at radius 3 is 2.19 bits per heavy atom. The van der Waals surface area contributed by atoms with E-state index in [2.05, 4.69) is 10.2 Å². The third kappa shape index (κ3) is 5.38. The molecule has 0 atom stereocenters. The number of hydrogen-bond donors (Lipinski definition) is 1. The Morgan fingerprint density at radius 1 is 0.889 bits per heavy atom. The largest absolute Gasteiger partial charge is 0.342 e. The van der Waals surface area contributed by atoms with Gasteiger partial charge in [0.05, 0.1) is 12.2 Å². The summed E-state index contributed by atoms with van der Waals surface area (Å²) in [7, 11) is 0. The normalized spacial score (nSPS) is 18.9. The molecule has 2 aliphatic heterocycles. The third-order valence-electron chi connectivity index (χ3n) is 5.15. The summed E-state index contributed by atoms with van der Waals surface area (Å²) in [4.78, 5) is 30.3.